The first-order chi connectivity index (χ1) is 9.23. The second-order valence-corrected chi connectivity index (χ2v) is 7.63. The molecule has 2 N–H and O–H groups in total. The molecule has 1 saturated heterocycles. The number of halogens is 1. The Morgan fingerprint density at radius 3 is 2.60 bits per heavy atom. The number of sulfonamides is 1. The molecule has 1 heterocycles. The van der Waals surface area contributed by atoms with Crippen molar-refractivity contribution in [2.24, 2.45) is 0 Å². The molecule has 0 aromatic heterocycles. The molecule has 1 aliphatic rings. The molecule has 1 fully saturated rings. The molecule has 0 spiro atoms. The van der Waals surface area contributed by atoms with Crippen molar-refractivity contribution in [3.63, 3.8) is 0 Å². The van der Waals surface area contributed by atoms with Gasteiger partial charge in [-0.05, 0) is 38.6 Å². The average molecular weight is 318 g/mol. The number of nitrogens with two attached hydrogens (primary N) is 1. The van der Waals surface area contributed by atoms with Gasteiger partial charge in [-0.15, -0.1) is 0 Å². The summed E-state index contributed by atoms with van der Waals surface area (Å²) in [6.45, 7) is 5.59. The zero-order valence-corrected chi connectivity index (χ0v) is 13.5. The second-order valence-electron chi connectivity index (χ2n) is 5.37. The van der Waals surface area contributed by atoms with Crippen molar-refractivity contribution in [2.75, 3.05) is 32.4 Å². The Hall–Kier alpha value is -0.820. The summed E-state index contributed by atoms with van der Waals surface area (Å²) in [5, 5.41) is 0.382. The van der Waals surface area contributed by atoms with Crippen LogP contribution in [-0.4, -0.2) is 50.3 Å². The molecule has 7 heteroatoms. The summed E-state index contributed by atoms with van der Waals surface area (Å²) in [4.78, 5) is 2.37. The van der Waals surface area contributed by atoms with Gasteiger partial charge in [0, 0.05) is 25.7 Å². The van der Waals surface area contributed by atoms with Crippen LogP contribution in [0.3, 0.4) is 0 Å². The maximum absolute atomic E-state index is 12.8. The first-order valence-corrected chi connectivity index (χ1v) is 8.31. The molecule has 1 aromatic carbocycles. The summed E-state index contributed by atoms with van der Waals surface area (Å²) in [6.07, 6.45) is 0. The number of likely N-dealkylation sites (N-methyl/N-ethyl adjacent to an activating group) is 1. The molecular weight excluding hydrogens is 298 g/mol. The number of nitrogen functional groups attached to an aromatic ring is 1. The van der Waals surface area contributed by atoms with Crippen molar-refractivity contribution in [2.45, 2.75) is 24.8 Å². The maximum Gasteiger partial charge on any atom is 0.243 e. The van der Waals surface area contributed by atoms with Gasteiger partial charge in [-0.1, -0.05) is 11.6 Å². The maximum atomic E-state index is 12.8. The largest absolute Gasteiger partial charge is 0.397 e. The normalized spacial score (nSPS) is 22.1. The van der Waals surface area contributed by atoms with E-state index in [1.807, 2.05) is 14.0 Å². The van der Waals surface area contributed by atoms with Gasteiger partial charge >= 0.3 is 0 Å². The van der Waals surface area contributed by atoms with Gasteiger partial charge in [0.15, 0.2) is 0 Å². The van der Waals surface area contributed by atoms with E-state index in [1.165, 1.54) is 6.07 Å². The zero-order valence-electron chi connectivity index (χ0n) is 11.9. The Morgan fingerprint density at radius 1 is 1.35 bits per heavy atom. The van der Waals surface area contributed by atoms with Gasteiger partial charge in [-0.2, -0.15) is 4.31 Å². The Kier molecular flexibility index (Phi) is 4.30. The number of benzene rings is 1. The van der Waals surface area contributed by atoms with E-state index in [-0.39, 0.29) is 16.6 Å². The van der Waals surface area contributed by atoms with Crippen LogP contribution in [0.25, 0.3) is 0 Å². The molecule has 0 amide bonds. The number of hydrogen-bond acceptors (Lipinski definition) is 4. The fourth-order valence-electron chi connectivity index (χ4n) is 2.55. The van der Waals surface area contributed by atoms with E-state index in [4.69, 9.17) is 17.3 Å². The Morgan fingerprint density at radius 2 is 2.00 bits per heavy atom. The van der Waals surface area contributed by atoms with Crippen LogP contribution >= 0.6 is 11.6 Å². The van der Waals surface area contributed by atoms with Crippen LogP contribution < -0.4 is 5.73 Å². The minimum Gasteiger partial charge on any atom is -0.397 e. The van der Waals surface area contributed by atoms with E-state index in [2.05, 4.69) is 4.90 Å². The van der Waals surface area contributed by atoms with Crippen LogP contribution in [0.2, 0.25) is 5.02 Å². The summed E-state index contributed by atoms with van der Waals surface area (Å²) >= 11 is 5.93. The highest BCUT2D eigenvalue weighted by Crippen LogP contribution is 2.29. The molecule has 1 unspecified atom stereocenters. The van der Waals surface area contributed by atoms with E-state index >= 15 is 0 Å². The van der Waals surface area contributed by atoms with Crippen LogP contribution in [0.1, 0.15) is 12.5 Å². The third kappa shape index (κ3) is 2.79. The van der Waals surface area contributed by atoms with Crippen molar-refractivity contribution >= 4 is 27.3 Å². The number of hydrogen-bond donors (Lipinski definition) is 1. The fourth-order valence-corrected chi connectivity index (χ4v) is 4.63. The fraction of sp³-hybridized carbons (Fsp3) is 0.538. The summed E-state index contributed by atoms with van der Waals surface area (Å²) in [5.41, 5.74) is 6.66. The van der Waals surface area contributed by atoms with Crippen molar-refractivity contribution in [3.05, 3.63) is 22.7 Å². The molecular formula is C13H20ClN3O2S. The van der Waals surface area contributed by atoms with Gasteiger partial charge in [0.1, 0.15) is 0 Å². The molecule has 0 saturated carbocycles. The molecule has 20 heavy (non-hydrogen) atoms. The Balaban J connectivity index is 2.43. The number of nitrogens with zero attached hydrogens (tertiary/aromatic N) is 2. The van der Waals surface area contributed by atoms with E-state index in [9.17, 15) is 8.42 Å². The van der Waals surface area contributed by atoms with Gasteiger partial charge < -0.3 is 10.6 Å². The smallest absolute Gasteiger partial charge is 0.243 e. The molecule has 112 valence electrons. The SMILES string of the molecule is Cc1cc(Cl)c(N)cc1S(=O)(=O)N1CCN(C)CC1C. The predicted octanol–water partition coefficient (Wildman–Crippen LogP) is 1.56. The lowest BCUT2D eigenvalue weighted by Crippen LogP contribution is -2.52. The van der Waals surface area contributed by atoms with E-state index in [0.717, 1.165) is 13.1 Å². The number of aryl methyl sites for hydroxylation is 1. The summed E-state index contributed by atoms with van der Waals surface area (Å²) in [7, 11) is -1.54. The summed E-state index contributed by atoms with van der Waals surface area (Å²) < 4.78 is 27.1. The minimum absolute atomic E-state index is 0.0601. The highest BCUT2D eigenvalue weighted by molar-refractivity contribution is 7.89. The van der Waals surface area contributed by atoms with E-state index in [0.29, 0.717) is 17.1 Å². The second kappa shape index (κ2) is 5.52. The molecule has 2 rings (SSSR count). The van der Waals surface area contributed by atoms with Gasteiger partial charge in [0.25, 0.3) is 0 Å². The third-order valence-electron chi connectivity index (χ3n) is 3.65. The van der Waals surface area contributed by atoms with Crippen LogP contribution in [0.15, 0.2) is 17.0 Å². The van der Waals surface area contributed by atoms with E-state index in [1.54, 1.807) is 17.3 Å². The highest BCUT2D eigenvalue weighted by Gasteiger charge is 2.33. The minimum atomic E-state index is -3.54. The topological polar surface area (TPSA) is 66.6 Å². The third-order valence-corrected chi connectivity index (χ3v) is 6.13. The number of anilines is 1. The quantitative estimate of drug-likeness (QED) is 0.841. The lowest BCUT2D eigenvalue weighted by Gasteiger charge is -2.37. The van der Waals surface area contributed by atoms with Gasteiger partial charge in [-0.3, -0.25) is 0 Å². The zero-order chi connectivity index (χ0) is 15.1. The molecule has 5 nitrogen and oxygen atoms in total. The first kappa shape index (κ1) is 15.6. The predicted molar refractivity (Wildman–Crippen MR) is 81.5 cm³/mol. The standard InChI is InChI=1S/C13H20ClN3O2S/c1-9-6-11(14)12(15)7-13(9)20(18,19)17-5-4-16(3)8-10(17)2/h6-7,10H,4-5,8,15H2,1-3H3. The Bertz CT molecular complexity index is 618. The molecule has 0 aliphatic carbocycles. The van der Waals surface area contributed by atoms with Crippen LogP contribution in [-0.2, 0) is 10.0 Å². The first-order valence-electron chi connectivity index (χ1n) is 6.49. The highest BCUT2D eigenvalue weighted by atomic mass is 35.5. The number of piperazine rings is 1. The monoisotopic (exact) mass is 317 g/mol. The molecule has 1 aliphatic heterocycles. The molecule has 1 aromatic rings. The van der Waals surface area contributed by atoms with Gasteiger partial charge in [0.2, 0.25) is 10.0 Å². The lowest BCUT2D eigenvalue weighted by molar-refractivity contribution is 0.170. The summed E-state index contributed by atoms with van der Waals surface area (Å²) in [6, 6.07) is 3.00. The van der Waals surface area contributed by atoms with Crippen molar-refractivity contribution in [1.29, 1.82) is 0 Å². The van der Waals surface area contributed by atoms with Crippen LogP contribution in [0, 0.1) is 6.92 Å². The summed E-state index contributed by atoms with van der Waals surface area (Å²) in [5.74, 6) is 0. The van der Waals surface area contributed by atoms with Crippen molar-refractivity contribution in [1.82, 2.24) is 9.21 Å². The molecule has 0 radical (unpaired) electrons. The average Bonchev–Trinajstić information content (AvgIpc) is 2.33. The van der Waals surface area contributed by atoms with Gasteiger partial charge in [0.05, 0.1) is 15.6 Å². The molecule has 1 atom stereocenters. The number of rotatable bonds is 2. The van der Waals surface area contributed by atoms with Crippen LogP contribution in [0.5, 0.6) is 0 Å². The van der Waals surface area contributed by atoms with Crippen molar-refractivity contribution in [3.8, 4) is 0 Å². The Labute approximate surface area is 125 Å². The lowest BCUT2D eigenvalue weighted by atomic mass is 10.2. The molecule has 0 bridgehead atoms. The van der Waals surface area contributed by atoms with Crippen LogP contribution in [0.4, 0.5) is 5.69 Å². The van der Waals surface area contributed by atoms with E-state index < -0.39 is 10.0 Å². The van der Waals surface area contributed by atoms with Gasteiger partial charge in [-0.25, -0.2) is 8.42 Å². The van der Waals surface area contributed by atoms with Crippen molar-refractivity contribution < 1.29 is 8.42 Å².